The van der Waals surface area contributed by atoms with Gasteiger partial charge in [-0.05, 0) is 84.8 Å². The quantitative estimate of drug-likeness (QED) is 0.118. The number of rotatable bonds is 7. The van der Waals surface area contributed by atoms with E-state index in [1.165, 1.54) is 38.9 Å². The van der Waals surface area contributed by atoms with Gasteiger partial charge in [0.1, 0.15) is 11.4 Å². The van der Waals surface area contributed by atoms with Crippen LogP contribution in [-0.2, 0) is 43.7 Å². The van der Waals surface area contributed by atoms with Crippen LogP contribution < -0.4 is 4.57 Å². The Morgan fingerprint density at radius 2 is 1.25 bits per heavy atom. The van der Waals surface area contributed by atoms with Crippen LogP contribution in [-0.4, -0.2) is 14.1 Å². The molecule has 0 saturated heterocycles. The molecule has 0 spiro atoms. The number of para-hydroxylation sites is 3. The molecular formula is C63H56N4OPt-2. The smallest absolute Gasteiger partial charge is 0.268 e. The Morgan fingerprint density at radius 1 is 0.565 bits per heavy atom. The summed E-state index contributed by atoms with van der Waals surface area (Å²) in [5.41, 5.74) is 17.6. The summed E-state index contributed by atoms with van der Waals surface area (Å²) in [4.78, 5) is 4.88. The maximum Gasteiger partial charge on any atom is 0.268 e. The van der Waals surface area contributed by atoms with Crippen molar-refractivity contribution < 1.29 is 30.0 Å². The Hall–Kier alpha value is -6.81. The van der Waals surface area contributed by atoms with Crippen molar-refractivity contribution in [1.29, 1.82) is 0 Å². The zero-order valence-electron chi connectivity index (χ0n) is 40.8. The van der Waals surface area contributed by atoms with E-state index in [1.807, 2.05) is 18.3 Å². The second-order valence-corrected chi connectivity index (χ2v) is 21.4. The van der Waals surface area contributed by atoms with E-state index in [9.17, 15) is 0 Å². The summed E-state index contributed by atoms with van der Waals surface area (Å²) in [7, 11) is 0. The molecule has 69 heavy (non-hydrogen) atoms. The summed E-state index contributed by atoms with van der Waals surface area (Å²) >= 11 is 0. The van der Waals surface area contributed by atoms with Gasteiger partial charge >= 0.3 is 0 Å². The SMILES string of the molecule is CC(C)(C)c1ccc(-c2cc(C(C)(C)C)cc(-c3cccc(C(C)(C)C)c3)c2-[n+]2[c-]n(-c3[c-]c(Cc4[c-]c5c(cc4)c4ccccc4n5-c4cc5occc5cn4)ccc3)c3ccccc32)cc1.[Pt]. The summed E-state index contributed by atoms with van der Waals surface area (Å²) in [6.07, 6.45) is 8.16. The summed E-state index contributed by atoms with van der Waals surface area (Å²) in [6, 6.07) is 62.8. The van der Waals surface area contributed by atoms with Crippen molar-refractivity contribution in [2.45, 2.75) is 85.0 Å². The molecule has 11 rings (SSSR count). The fraction of sp³-hybridized carbons (Fsp3) is 0.206. The molecule has 7 aromatic carbocycles. The van der Waals surface area contributed by atoms with Crippen molar-refractivity contribution in [3.8, 4) is 39.4 Å². The molecule has 4 heterocycles. The summed E-state index contributed by atoms with van der Waals surface area (Å²) in [6.45, 7) is 20.6. The van der Waals surface area contributed by atoms with Crippen LogP contribution in [0.2, 0.25) is 0 Å². The van der Waals surface area contributed by atoms with E-state index >= 15 is 0 Å². The van der Waals surface area contributed by atoms with E-state index < -0.39 is 0 Å². The fourth-order valence-corrected chi connectivity index (χ4v) is 9.64. The molecule has 0 aliphatic rings. The number of aromatic nitrogens is 4. The van der Waals surface area contributed by atoms with E-state index in [0.29, 0.717) is 6.42 Å². The molecule has 0 saturated carbocycles. The van der Waals surface area contributed by atoms with E-state index in [-0.39, 0.29) is 37.3 Å². The van der Waals surface area contributed by atoms with E-state index in [1.54, 1.807) is 6.26 Å². The van der Waals surface area contributed by atoms with E-state index in [4.69, 9.17) is 9.40 Å². The second-order valence-electron chi connectivity index (χ2n) is 21.4. The van der Waals surface area contributed by atoms with Gasteiger partial charge in [0.2, 0.25) is 0 Å². The third kappa shape index (κ3) is 8.46. The van der Waals surface area contributed by atoms with Crippen molar-refractivity contribution in [3.05, 3.63) is 210 Å². The Kier molecular flexibility index (Phi) is 11.5. The Balaban J connectivity index is 0.00000553. The van der Waals surface area contributed by atoms with Crippen molar-refractivity contribution >= 4 is 43.8 Å². The van der Waals surface area contributed by atoms with Crippen LogP contribution in [0.25, 0.3) is 83.3 Å². The minimum Gasteiger partial charge on any atom is -0.464 e. The van der Waals surface area contributed by atoms with Crippen LogP contribution in [0.15, 0.2) is 169 Å². The third-order valence-corrected chi connectivity index (χ3v) is 13.5. The maximum atomic E-state index is 5.81. The van der Waals surface area contributed by atoms with Gasteiger partial charge in [-0.1, -0.05) is 171 Å². The van der Waals surface area contributed by atoms with Gasteiger partial charge in [0.15, 0.2) is 0 Å². The van der Waals surface area contributed by atoms with Gasteiger partial charge < -0.3 is 13.6 Å². The van der Waals surface area contributed by atoms with Crippen LogP contribution in [0, 0.1) is 18.5 Å². The molecule has 0 atom stereocenters. The number of nitrogens with zero attached hydrogens (tertiary/aromatic N) is 4. The van der Waals surface area contributed by atoms with Gasteiger partial charge in [-0.15, -0.1) is 5.39 Å². The molecule has 11 aromatic rings. The first kappa shape index (κ1) is 45.9. The molecule has 0 N–H and O–H groups in total. The van der Waals surface area contributed by atoms with Crippen LogP contribution in [0.1, 0.15) is 90.1 Å². The molecule has 0 aliphatic heterocycles. The van der Waals surface area contributed by atoms with Crippen LogP contribution >= 0.6 is 0 Å². The monoisotopic (exact) mass is 1080 g/mol. The van der Waals surface area contributed by atoms with E-state index in [2.05, 4.69) is 234 Å². The number of hydrogen-bond acceptors (Lipinski definition) is 2. The van der Waals surface area contributed by atoms with Crippen LogP contribution in [0.5, 0.6) is 0 Å². The zero-order chi connectivity index (χ0) is 47.1. The Morgan fingerprint density at radius 3 is 2.00 bits per heavy atom. The summed E-state index contributed by atoms with van der Waals surface area (Å²) < 4.78 is 12.5. The minimum absolute atomic E-state index is 0. The summed E-state index contributed by atoms with van der Waals surface area (Å²) in [5.74, 6) is 0.798. The third-order valence-electron chi connectivity index (χ3n) is 13.5. The van der Waals surface area contributed by atoms with Gasteiger partial charge in [0, 0.05) is 44.2 Å². The number of pyridine rings is 1. The van der Waals surface area contributed by atoms with Crippen LogP contribution in [0.3, 0.4) is 0 Å². The number of benzene rings is 7. The predicted molar refractivity (Wildman–Crippen MR) is 279 cm³/mol. The molecule has 0 radical (unpaired) electrons. The first-order valence-electron chi connectivity index (χ1n) is 23.7. The Labute approximate surface area is 420 Å². The molecular weight excluding hydrogens is 1020 g/mol. The van der Waals surface area contributed by atoms with Gasteiger partial charge in [-0.3, -0.25) is 4.57 Å². The van der Waals surface area contributed by atoms with Gasteiger partial charge in [0.25, 0.3) is 6.33 Å². The number of fused-ring (bicyclic) bond motifs is 5. The zero-order valence-corrected chi connectivity index (χ0v) is 43.1. The predicted octanol–water partition coefficient (Wildman–Crippen LogP) is 15.4. The van der Waals surface area contributed by atoms with E-state index in [0.717, 1.165) is 72.1 Å². The van der Waals surface area contributed by atoms with Crippen molar-refractivity contribution in [1.82, 2.24) is 14.1 Å². The minimum atomic E-state index is -0.101. The average Bonchev–Trinajstić information content (AvgIpc) is 4.04. The first-order chi connectivity index (χ1) is 32.6. The summed E-state index contributed by atoms with van der Waals surface area (Å²) in [5, 5.41) is 3.27. The standard InChI is InChI=1S/C63H56N4O.Pt/c1-61(2,3)46-27-25-43(26-28-46)52-36-48(63(7,8)9)37-53(44-17-15-18-47(35-44)62(4,5)6)60(52)66-40-65(55-22-12-13-23-56(55)66)49-19-14-16-41(33-49)32-42-24-29-51-50-20-10-11-21-54(50)67(57(51)34-42)59-38-58-45(39-64-59)30-31-68-58;/h10-31,35-39H,32H2,1-9H3;/q-2;. The number of imidazole rings is 1. The van der Waals surface area contributed by atoms with Gasteiger partial charge in [-0.25, -0.2) is 4.98 Å². The Bertz CT molecular complexity index is 3710. The van der Waals surface area contributed by atoms with Crippen LogP contribution in [0.4, 0.5) is 0 Å². The van der Waals surface area contributed by atoms with Gasteiger partial charge in [-0.2, -0.15) is 53.6 Å². The molecule has 0 fully saturated rings. The van der Waals surface area contributed by atoms with Gasteiger partial charge in [0.05, 0.1) is 23.0 Å². The molecule has 346 valence electrons. The largest absolute Gasteiger partial charge is 0.464 e. The maximum absolute atomic E-state index is 5.81. The molecule has 4 aromatic heterocycles. The average molecular weight is 1080 g/mol. The van der Waals surface area contributed by atoms with Crippen molar-refractivity contribution in [2.75, 3.05) is 0 Å². The number of furan rings is 1. The molecule has 0 aliphatic carbocycles. The molecule has 6 heteroatoms. The topological polar surface area (TPSA) is 39.8 Å². The second kappa shape index (κ2) is 17.3. The molecule has 5 nitrogen and oxygen atoms in total. The fourth-order valence-electron chi connectivity index (χ4n) is 9.64. The number of hydrogen-bond donors (Lipinski definition) is 0. The van der Waals surface area contributed by atoms with Crippen molar-refractivity contribution in [2.24, 2.45) is 0 Å². The molecule has 0 bridgehead atoms. The normalized spacial score (nSPS) is 12.4. The van der Waals surface area contributed by atoms with Crippen molar-refractivity contribution in [3.63, 3.8) is 0 Å². The molecule has 0 unspecified atom stereocenters. The molecule has 0 amide bonds. The first-order valence-corrected chi connectivity index (χ1v) is 23.7.